The number of benzene rings is 3. The van der Waals surface area contributed by atoms with Gasteiger partial charge < -0.3 is 18.8 Å². The van der Waals surface area contributed by atoms with Crippen molar-refractivity contribution in [2.75, 3.05) is 20.3 Å². The minimum absolute atomic E-state index is 0.00926. The number of carbonyl (C=O) groups is 1. The van der Waals surface area contributed by atoms with Gasteiger partial charge in [0.05, 0.1) is 43.1 Å². The Balaban J connectivity index is 1.34. The zero-order valence-electron chi connectivity index (χ0n) is 24.9. The number of fused-ring (bicyclic) bond motifs is 1. The van der Waals surface area contributed by atoms with E-state index >= 15 is 13.2 Å². The van der Waals surface area contributed by atoms with Crippen LogP contribution >= 0.6 is 11.6 Å². The Morgan fingerprint density at radius 2 is 1.78 bits per heavy atom. The predicted molar refractivity (Wildman–Crippen MR) is 161 cm³/mol. The fourth-order valence-corrected chi connectivity index (χ4v) is 5.68. The first-order valence-electron chi connectivity index (χ1n) is 14.2. The summed E-state index contributed by atoms with van der Waals surface area (Å²) in [5.74, 6) is -3.32. The van der Waals surface area contributed by atoms with Gasteiger partial charge in [0.25, 0.3) is 0 Å². The van der Waals surface area contributed by atoms with E-state index in [0.29, 0.717) is 12.1 Å². The molecule has 13 heteroatoms. The first kappa shape index (κ1) is 31.4. The highest BCUT2D eigenvalue weighted by Gasteiger charge is 2.39. The molecule has 0 radical (unpaired) electrons. The van der Waals surface area contributed by atoms with E-state index in [1.165, 1.54) is 37.6 Å². The summed E-state index contributed by atoms with van der Waals surface area (Å²) in [7, 11) is 1.19. The fourth-order valence-electron chi connectivity index (χ4n) is 5.52. The van der Waals surface area contributed by atoms with E-state index in [0.717, 1.165) is 24.3 Å². The van der Waals surface area contributed by atoms with Gasteiger partial charge in [-0.25, -0.2) is 32.3 Å². The minimum atomic E-state index is -0.781. The summed E-state index contributed by atoms with van der Waals surface area (Å²) in [4.78, 5) is 24.9. The van der Waals surface area contributed by atoms with E-state index in [-0.39, 0.29) is 76.0 Å². The second kappa shape index (κ2) is 12.3. The van der Waals surface area contributed by atoms with Gasteiger partial charge in [-0.05, 0) is 48.0 Å². The molecule has 0 bridgehead atoms. The average molecular weight is 655 g/mol. The predicted octanol–water partition coefficient (Wildman–Crippen LogP) is 7.26. The first-order chi connectivity index (χ1) is 21.9. The van der Waals surface area contributed by atoms with E-state index < -0.39 is 34.7 Å². The molecular weight excluding hydrogens is 628 g/mol. The molecular formula is C33H27ClF4N4O4. The van der Waals surface area contributed by atoms with Crippen LogP contribution in [0.25, 0.3) is 22.3 Å². The number of nitrogens with zero attached hydrogens (tertiary/aromatic N) is 4. The Bertz CT molecular complexity index is 1980. The van der Waals surface area contributed by atoms with Crippen molar-refractivity contribution in [1.82, 2.24) is 19.5 Å². The number of hydrogen-bond acceptors (Lipinski definition) is 7. The van der Waals surface area contributed by atoms with E-state index in [1.54, 1.807) is 4.57 Å². The lowest BCUT2D eigenvalue weighted by molar-refractivity contribution is 0.0600. The van der Waals surface area contributed by atoms with Crippen LogP contribution in [0, 0.1) is 28.7 Å². The molecule has 5 aromatic rings. The van der Waals surface area contributed by atoms with Crippen LogP contribution in [-0.4, -0.2) is 45.8 Å². The molecule has 46 heavy (non-hydrogen) atoms. The molecule has 1 aliphatic heterocycles. The normalized spacial score (nSPS) is 15.8. The lowest BCUT2D eigenvalue weighted by Crippen LogP contribution is -2.27. The molecule has 1 aliphatic rings. The Kier molecular flexibility index (Phi) is 8.43. The van der Waals surface area contributed by atoms with Gasteiger partial charge in [0, 0.05) is 34.2 Å². The Labute approximate surface area is 265 Å². The van der Waals surface area contributed by atoms with Crippen LogP contribution in [-0.2, 0) is 22.5 Å². The quantitative estimate of drug-likeness (QED) is 0.129. The molecule has 0 unspecified atom stereocenters. The largest absolute Gasteiger partial charge is 0.465 e. The third kappa shape index (κ3) is 6.02. The number of ether oxygens (including phenoxy) is 3. The SMILES string of the molecule is COC(=O)c1cc(F)c2nc(Cc3cc(F)c(-c4ccnc(OCc5ccc(Cl)cc5F)n4)cc3F)n([C@@H]3COCC3(C)C)c2c1. The van der Waals surface area contributed by atoms with Crippen molar-refractivity contribution in [1.29, 1.82) is 0 Å². The van der Waals surface area contributed by atoms with E-state index in [2.05, 4.69) is 15.0 Å². The molecule has 0 spiro atoms. The highest BCUT2D eigenvalue weighted by atomic mass is 35.5. The third-order valence-corrected chi connectivity index (χ3v) is 8.21. The van der Waals surface area contributed by atoms with Gasteiger partial charge in [0.2, 0.25) is 0 Å². The average Bonchev–Trinajstić information content (AvgIpc) is 3.56. The Hall–Kier alpha value is -4.55. The maximum absolute atomic E-state index is 15.7. The highest BCUT2D eigenvalue weighted by molar-refractivity contribution is 6.30. The molecule has 0 aliphatic carbocycles. The molecule has 0 saturated carbocycles. The Morgan fingerprint density at radius 3 is 2.50 bits per heavy atom. The van der Waals surface area contributed by atoms with Crippen LogP contribution in [0.4, 0.5) is 17.6 Å². The summed E-state index contributed by atoms with van der Waals surface area (Å²) in [5.41, 5.74) is -0.0761. The van der Waals surface area contributed by atoms with Gasteiger partial charge in [-0.3, -0.25) is 0 Å². The monoisotopic (exact) mass is 654 g/mol. The molecule has 238 valence electrons. The van der Waals surface area contributed by atoms with Crippen molar-refractivity contribution in [2.45, 2.75) is 32.9 Å². The van der Waals surface area contributed by atoms with E-state index in [1.807, 2.05) is 13.8 Å². The van der Waals surface area contributed by atoms with Crippen LogP contribution in [0.3, 0.4) is 0 Å². The van der Waals surface area contributed by atoms with Gasteiger partial charge in [-0.1, -0.05) is 31.5 Å². The number of aromatic nitrogens is 4. The Morgan fingerprint density at radius 1 is 1.00 bits per heavy atom. The highest BCUT2D eigenvalue weighted by Crippen LogP contribution is 2.41. The number of methoxy groups -OCH3 is 1. The lowest BCUT2D eigenvalue weighted by Gasteiger charge is -2.28. The molecule has 1 saturated heterocycles. The number of halogens is 5. The maximum Gasteiger partial charge on any atom is 0.338 e. The zero-order valence-corrected chi connectivity index (χ0v) is 25.7. The van der Waals surface area contributed by atoms with Crippen LogP contribution in [0.1, 0.15) is 47.2 Å². The fraction of sp³-hybridized carbons (Fsp3) is 0.273. The molecule has 2 aromatic heterocycles. The molecule has 6 rings (SSSR count). The summed E-state index contributed by atoms with van der Waals surface area (Å²) >= 11 is 5.79. The first-order valence-corrected chi connectivity index (χ1v) is 14.6. The van der Waals surface area contributed by atoms with Crippen LogP contribution in [0.2, 0.25) is 5.02 Å². The number of esters is 1. The van der Waals surface area contributed by atoms with Crippen molar-refractivity contribution >= 4 is 28.6 Å². The third-order valence-electron chi connectivity index (χ3n) is 7.97. The standard InChI is InChI=1S/C33H27ClF4N4O4/c1-33(2)16-45-15-28(33)42-27-10-19(31(43)44-3)9-25(38)30(27)41-29(42)11-18-8-24(37)21(13-23(18)36)26-6-7-39-32(40-26)46-14-17-4-5-20(34)12-22(17)35/h4-10,12-13,28H,11,14-16H2,1-3H3/t28-/m1/s1. The summed E-state index contributed by atoms with van der Waals surface area (Å²) in [6, 6.07) is 9.53. The van der Waals surface area contributed by atoms with Crippen LogP contribution in [0.15, 0.2) is 54.7 Å². The topological polar surface area (TPSA) is 88.4 Å². The zero-order chi connectivity index (χ0) is 32.7. The van der Waals surface area contributed by atoms with Crippen molar-refractivity contribution in [3.8, 4) is 17.3 Å². The van der Waals surface area contributed by atoms with Crippen LogP contribution in [0.5, 0.6) is 6.01 Å². The van der Waals surface area contributed by atoms with Gasteiger partial charge in [-0.15, -0.1) is 0 Å². The summed E-state index contributed by atoms with van der Waals surface area (Å²) in [6.07, 6.45) is 1.12. The number of carbonyl (C=O) groups excluding carboxylic acids is 1. The summed E-state index contributed by atoms with van der Waals surface area (Å²) < 4.78 is 78.4. The molecule has 8 nitrogen and oxygen atoms in total. The molecule has 3 heterocycles. The molecule has 1 fully saturated rings. The van der Waals surface area contributed by atoms with Crippen LogP contribution < -0.4 is 4.74 Å². The van der Waals surface area contributed by atoms with E-state index in [4.69, 9.17) is 25.8 Å². The minimum Gasteiger partial charge on any atom is -0.465 e. The van der Waals surface area contributed by atoms with Crippen molar-refractivity contribution < 1.29 is 36.6 Å². The molecule has 0 N–H and O–H groups in total. The molecule has 3 aromatic carbocycles. The number of imidazole rings is 1. The number of hydrogen-bond donors (Lipinski definition) is 0. The van der Waals surface area contributed by atoms with E-state index in [9.17, 15) is 9.18 Å². The molecule has 1 atom stereocenters. The van der Waals surface area contributed by atoms with Crippen molar-refractivity contribution in [3.63, 3.8) is 0 Å². The number of rotatable bonds is 8. The van der Waals surface area contributed by atoms with Gasteiger partial charge in [-0.2, -0.15) is 4.98 Å². The second-order valence-corrected chi connectivity index (χ2v) is 12.0. The maximum atomic E-state index is 15.7. The van der Waals surface area contributed by atoms with Gasteiger partial charge >= 0.3 is 12.0 Å². The van der Waals surface area contributed by atoms with Gasteiger partial charge in [0.15, 0.2) is 5.82 Å². The second-order valence-electron chi connectivity index (χ2n) is 11.6. The lowest BCUT2D eigenvalue weighted by atomic mass is 9.87. The van der Waals surface area contributed by atoms with Gasteiger partial charge in [0.1, 0.15) is 35.4 Å². The summed E-state index contributed by atoms with van der Waals surface area (Å²) in [5, 5.41) is 0.231. The molecule has 0 amide bonds. The smallest absolute Gasteiger partial charge is 0.338 e. The van der Waals surface area contributed by atoms with Crippen molar-refractivity contribution in [2.24, 2.45) is 5.41 Å². The van der Waals surface area contributed by atoms with Crippen molar-refractivity contribution in [3.05, 3.63) is 106 Å². The summed E-state index contributed by atoms with van der Waals surface area (Å²) in [6.45, 7) is 4.41.